The molecule has 0 amide bonds. The lowest BCUT2D eigenvalue weighted by Crippen LogP contribution is -2.54. The van der Waals surface area contributed by atoms with Crippen molar-refractivity contribution < 1.29 is 25.3 Å². The van der Waals surface area contributed by atoms with E-state index in [1.807, 2.05) is 24.3 Å². The van der Waals surface area contributed by atoms with Gasteiger partial charge >= 0.3 is 0 Å². The number of rotatable bonds is 10. The Kier molecular flexibility index (Phi) is 10.2. The number of hydrogen-bond donors (Lipinski definition) is 3. The van der Waals surface area contributed by atoms with E-state index < -0.39 is 36.1 Å². The van der Waals surface area contributed by atoms with Gasteiger partial charge in [-0.1, -0.05) is 36.4 Å². The second kappa shape index (κ2) is 14.1. The molecule has 2 aromatic heterocycles. The summed E-state index contributed by atoms with van der Waals surface area (Å²) in [5.74, 6) is -0.117. The van der Waals surface area contributed by atoms with Crippen LogP contribution >= 0.6 is 0 Å². The smallest absolute Gasteiger partial charge is 0.252 e. The van der Waals surface area contributed by atoms with Crippen molar-refractivity contribution in [2.24, 2.45) is 10.9 Å². The average Bonchev–Trinajstić information content (AvgIpc) is 3.06. The van der Waals surface area contributed by atoms with Crippen LogP contribution in [-0.2, 0) is 36.6 Å². The van der Waals surface area contributed by atoms with Crippen LogP contribution in [0.3, 0.4) is 0 Å². The minimum atomic E-state index is -3.86. The van der Waals surface area contributed by atoms with Crippen LogP contribution in [0.2, 0.25) is 0 Å². The third-order valence-corrected chi connectivity index (χ3v) is 13.4. The number of hydrogen-bond acceptors (Lipinski definition) is 11. The average molecular weight is 745 g/mol. The van der Waals surface area contributed by atoms with Gasteiger partial charge < -0.3 is 11.1 Å². The molecule has 4 aromatic rings. The molecular formula is C32H40N8O7S3. The molecule has 18 heteroatoms. The number of nitrogens with zero attached hydrogens (tertiary/aromatic N) is 5. The highest BCUT2D eigenvalue weighted by atomic mass is 32.2. The van der Waals surface area contributed by atoms with Gasteiger partial charge in [0.25, 0.3) is 5.56 Å². The first-order valence-corrected chi connectivity index (χ1v) is 21.1. The summed E-state index contributed by atoms with van der Waals surface area (Å²) in [6.45, 7) is 0.936. The summed E-state index contributed by atoms with van der Waals surface area (Å²) in [6.07, 6.45) is 4.41. The molecule has 2 saturated heterocycles. The summed E-state index contributed by atoms with van der Waals surface area (Å²) in [5, 5.41) is 9.18. The molecule has 50 heavy (non-hydrogen) atoms. The molecule has 2 unspecified atom stereocenters. The van der Waals surface area contributed by atoms with Gasteiger partial charge in [0.05, 0.1) is 23.4 Å². The van der Waals surface area contributed by atoms with Gasteiger partial charge in [-0.2, -0.15) is 9.29 Å². The van der Waals surface area contributed by atoms with Crippen LogP contribution in [0.5, 0.6) is 0 Å². The van der Waals surface area contributed by atoms with Crippen molar-refractivity contribution in [2.45, 2.75) is 55.2 Å². The summed E-state index contributed by atoms with van der Waals surface area (Å²) in [5.41, 5.74) is 8.31. The van der Waals surface area contributed by atoms with Crippen molar-refractivity contribution in [3.63, 3.8) is 0 Å². The van der Waals surface area contributed by atoms with Gasteiger partial charge in [-0.15, -0.1) is 0 Å². The lowest BCUT2D eigenvalue weighted by molar-refractivity contribution is 0.252. The van der Waals surface area contributed by atoms with Crippen molar-refractivity contribution in [1.82, 2.24) is 23.1 Å². The van der Waals surface area contributed by atoms with E-state index in [2.05, 4.69) is 15.3 Å². The van der Waals surface area contributed by atoms with Crippen molar-refractivity contribution in [2.75, 3.05) is 37.0 Å². The normalized spacial score (nSPS) is 20.2. The summed E-state index contributed by atoms with van der Waals surface area (Å²) in [6, 6.07) is 15.6. The third kappa shape index (κ3) is 8.22. The minimum absolute atomic E-state index is 0.00930. The molecule has 4 heterocycles. The Morgan fingerprint density at radius 3 is 2.30 bits per heavy atom. The Hall–Kier alpha value is -3.78. The summed E-state index contributed by atoms with van der Waals surface area (Å²) >= 11 is 0. The van der Waals surface area contributed by atoms with E-state index in [1.54, 1.807) is 24.4 Å². The molecule has 268 valence electrons. The van der Waals surface area contributed by atoms with Crippen LogP contribution in [0.1, 0.15) is 31.2 Å². The Morgan fingerprint density at radius 1 is 0.900 bits per heavy atom. The molecule has 6 rings (SSSR count). The number of primary sulfonamides is 1. The van der Waals surface area contributed by atoms with Gasteiger partial charge in [-0.3, -0.25) is 9.36 Å². The zero-order valence-electron chi connectivity index (χ0n) is 27.4. The van der Waals surface area contributed by atoms with E-state index in [9.17, 15) is 30.0 Å². The van der Waals surface area contributed by atoms with E-state index in [0.717, 1.165) is 17.4 Å². The first kappa shape index (κ1) is 36.0. The van der Waals surface area contributed by atoms with Crippen LogP contribution < -0.4 is 21.7 Å². The van der Waals surface area contributed by atoms with Gasteiger partial charge in [0.15, 0.2) is 0 Å². The zero-order chi connectivity index (χ0) is 35.8. The molecular weight excluding hydrogens is 705 g/mol. The lowest BCUT2D eigenvalue weighted by atomic mass is 10.0. The van der Waals surface area contributed by atoms with E-state index in [1.165, 1.54) is 31.4 Å². The number of nitrogens with two attached hydrogens (primary N) is 2. The van der Waals surface area contributed by atoms with E-state index in [0.29, 0.717) is 48.9 Å². The molecule has 0 spiro atoms. The first-order valence-electron chi connectivity index (χ1n) is 16.1. The number of sulfonamides is 3. The van der Waals surface area contributed by atoms with Gasteiger partial charge in [0, 0.05) is 55.4 Å². The monoisotopic (exact) mass is 744 g/mol. The van der Waals surface area contributed by atoms with Crippen LogP contribution in [-0.4, -0.2) is 98.2 Å². The number of piperidine rings is 2. The van der Waals surface area contributed by atoms with Crippen molar-refractivity contribution in [3.05, 3.63) is 82.8 Å². The van der Waals surface area contributed by atoms with Gasteiger partial charge in [0.1, 0.15) is 5.65 Å². The number of fused-ring (bicyclic) bond motifs is 1. The number of aromatic nitrogens is 3. The highest BCUT2D eigenvalue weighted by molar-refractivity contribution is 7.89. The highest BCUT2D eigenvalue weighted by Gasteiger charge is 2.39. The summed E-state index contributed by atoms with van der Waals surface area (Å²) < 4.78 is 79.9. The molecule has 2 fully saturated rings. The minimum Gasteiger partial charge on any atom is -0.351 e. The van der Waals surface area contributed by atoms with Crippen molar-refractivity contribution in [3.8, 4) is 11.1 Å². The lowest BCUT2D eigenvalue weighted by Gasteiger charge is -2.39. The second-order valence-electron chi connectivity index (χ2n) is 12.9. The van der Waals surface area contributed by atoms with Crippen LogP contribution in [0.25, 0.3) is 22.2 Å². The standard InChI is InChI=1S/C32H40N8O7S3/c1-48(42,43)40-16-13-27(18-28(40)21-49(44,45)38-14-11-26(33)12-15-38)36-32-35-19-25-9-10-30(41)39(31(25)37-32)20-22-5-7-23(8-6-22)24-3-2-4-29(17-24)50(34,46)47/h2-10,17,19,26-28H,11-16,18,20-21,33H2,1H3,(H2,34,46,47)(H,35,36,37). The van der Waals surface area contributed by atoms with E-state index >= 15 is 0 Å². The highest BCUT2D eigenvalue weighted by Crippen LogP contribution is 2.27. The molecule has 0 saturated carbocycles. The number of anilines is 1. The predicted molar refractivity (Wildman–Crippen MR) is 191 cm³/mol. The van der Waals surface area contributed by atoms with Gasteiger partial charge in [0.2, 0.25) is 36.0 Å². The topological polar surface area (TPSA) is 221 Å². The van der Waals surface area contributed by atoms with Crippen molar-refractivity contribution in [1.29, 1.82) is 0 Å². The molecule has 2 aliphatic rings. The fraction of sp³-hybridized carbons (Fsp3) is 0.406. The fourth-order valence-corrected chi connectivity index (χ4v) is 10.1. The van der Waals surface area contributed by atoms with Crippen LogP contribution in [0, 0.1) is 0 Å². The number of pyridine rings is 1. The third-order valence-electron chi connectivity index (χ3n) is 9.23. The molecule has 2 aromatic carbocycles. The quantitative estimate of drug-likeness (QED) is 0.209. The van der Waals surface area contributed by atoms with Crippen LogP contribution in [0.15, 0.2) is 76.6 Å². The van der Waals surface area contributed by atoms with Crippen LogP contribution in [0.4, 0.5) is 5.95 Å². The summed E-state index contributed by atoms with van der Waals surface area (Å²) in [7, 11) is -11.3. The number of nitrogens with one attached hydrogen (secondary N) is 1. The second-order valence-corrected chi connectivity index (χ2v) is 18.4. The largest absolute Gasteiger partial charge is 0.351 e. The van der Waals surface area contributed by atoms with Crippen molar-refractivity contribution >= 4 is 47.1 Å². The molecule has 0 aliphatic carbocycles. The molecule has 15 nitrogen and oxygen atoms in total. The fourth-order valence-electron chi connectivity index (χ4n) is 6.56. The maximum Gasteiger partial charge on any atom is 0.252 e. The predicted octanol–water partition coefficient (Wildman–Crippen LogP) is 1.11. The van der Waals surface area contributed by atoms with Gasteiger partial charge in [-0.05, 0) is 60.6 Å². The molecule has 0 bridgehead atoms. The maximum atomic E-state index is 13.4. The Morgan fingerprint density at radius 2 is 1.62 bits per heavy atom. The first-order chi connectivity index (χ1) is 23.6. The van der Waals surface area contributed by atoms with Gasteiger partial charge in [-0.25, -0.2) is 39.7 Å². The summed E-state index contributed by atoms with van der Waals surface area (Å²) in [4.78, 5) is 22.2. The Balaban J connectivity index is 1.21. The van der Waals surface area contributed by atoms with E-state index in [4.69, 9.17) is 10.9 Å². The molecule has 2 aliphatic heterocycles. The Bertz CT molecular complexity index is 2270. The molecule has 2 atom stereocenters. The molecule has 5 N–H and O–H groups in total. The SMILES string of the molecule is CS(=O)(=O)N1CCC(Nc2ncc3ccc(=O)n(Cc4ccc(-c5cccc(S(N)(=O)=O)c5)cc4)c3n2)CC1CS(=O)(=O)N1CCC(N)CC1. The maximum absolute atomic E-state index is 13.4. The number of benzene rings is 2. The zero-order valence-corrected chi connectivity index (χ0v) is 29.9. The van der Waals surface area contributed by atoms with E-state index in [-0.39, 0.29) is 53.7 Å². The Labute approximate surface area is 291 Å². The molecule has 0 radical (unpaired) electrons.